The van der Waals surface area contributed by atoms with Crippen LogP contribution in [-0.4, -0.2) is 25.0 Å². The Bertz CT molecular complexity index is 483. The van der Waals surface area contributed by atoms with E-state index in [-0.39, 0.29) is 5.91 Å². The lowest BCUT2D eigenvalue weighted by Gasteiger charge is -2.25. The molecule has 0 bridgehead atoms. The maximum absolute atomic E-state index is 11.3. The Hall–Kier alpha value is -1.55. The van der Waals surface area contributed by atoms with Gasteiger partial charge in [-0.15, -0.1) is 0 Å². The lowest BCUT2D eigenvalue weighted by molar-refractivity contribution is -0.116. The van der Waals surface area contributed by atoms with Crippen molar-refractivity contribution >= 4 is 11.6 Å². The van der Waals surface area contributed by atoms with Crippen LogP contribution in [0.3, 0.4) is 0 Å². The van der Waals surface area contributed by atoms with Gasteiger partial charge in [0.1, 0.15) is 0 Å². The van der Waals surface area contributed by atoms with Gasteiger partial charge in [-0.25, -0.2) is 0 Å². The second-order valence-corrected chi connectivity index (χ2v) is 6.02. The Morgan fingerprint density at radius 2 is 2.19 bits per heavy atom. The molecule has 4 heteroatoms. The zero-order valence-electron chi connectivity index (χ0n) is 13.2. The second-order valence-electron chi connectivity index (χ2n) is 6.02. The number of nitrogens with zero attached hydrogens (tertiary/aromatic N) is 1. The molecule has 0 saturated heterocycles. The van der Waals surface area contributed by atoms with Gasteiger partial charge in [0.2, 0.25) is 5.91 Å². The van der Waals surface area contributed by atoms with Gasteiger partial charge in [0, 0.05) is 24.8 Å². The summed E-state index contributed by atoms with van der Waals surface area (Å²) >= 11 is 0. The zero-order chi connectivity index (χ0) is 15.2. The standard InChI is InChI=1S/C17H27N3O/c1-3-4-9-20(12-17(18)21)16-8-5-14(10-13(16)2)11-19-15-6-7-15/h5,8,10,15,19H,3-4,6-7,9,11-12H2,1-2H3,(H2,18,21). The number of nitrogens with two attached hydrogens (primary N) is 1. The van der Waals surface area contributed by atoms with Gasteiger partial charge in [0.25, 0.3) is 0 Å². The van der Waals surface area contributed by atoms with Crippen LogP contribution in [0.25, 0.3) is 0 Å². The van der Waals surface area contributed by atoms with E-state index in [9.17, 15) is 4.79 Å². The largest absolute Gasteiger partial charge is 0.368 e. The van der Waals surface area contributed by atoms with Crippen molar-refractivity contribution in [1.82, 2.24) is 5.32 Å². The first-order chi connectivity index (χ1) is 10.1. The maximum atomic E-state index is 11.3. The van der Waals surface area contributed by atoms with Gasteiger partial charge in [0.15, 0.2) is 0 Å². The smallest absolute Gasteiger partial charge is 0.236 e. The van der Waals surface area contributed by atoms with E-state index in [2.05, 4.69) is 42.3 Å². The van der Waals surface area contributed by atoms with Crippen molar-refractivity contribution in [1.29, 1.82) is 0 Å². The van der Waals surface area contributed by atoms with Crippen LogP contribution in [0.4, 0.5) is 5.69 Å². The number of carbonyl (C=O) groups is 1. The molecule has 2 rings (SSSR count). The van der Waals surface area contributed by atoms with Crippen LogP contribution >= 0.6 is 0 Å². The van der Waals surface area contributed by atoms with Crippen molar-refractivity contribution in [3.8, 4) is 0 Å². The van der Waals surface area contributed by atoms with Crippen LogP contribution in [-0.2, 0) is 11.3 Å². The fourth-order valence-corrected chi connectivity index (χ4v) is 2.55. The highest BCUT2D eigenvalue weighted by molar-refractivity contribution is 5.80. The van der Waals surface area contributed by atoms with E-state index in [1.165, 1.54) is 24.0 Å². The monoisotopic (exact) mass is 289 g/mol. The number of primary amides is 1. The molecule has 116 valence electrons. The van der Waals surface area contributed by atoms with Gasteiger partial charge < -0.3 is 16.0 Å². The van der Waals surface area contributed by atoms with E-state index in [0.29, 0.717) is 6.54 Å². The SMILES string of the molecule is CCCCN(CC(N)=O)c1ccc(CNC2CC2)cc1C. The molecule has 0 aliphatic heterocycles. The summed E-state index contributed by atoms with van der Waals surface area (Å²) in [4.78, 5) is 13.4. The quantitative estimate of drug-likeness (QED) is 0.733. The van der Waals surface area contributed by atoms with Gasteiger partial charge in [-0.3, -0.25) is 4.79 Å². The summed E-state index contributed by atoms with van der Waals surface area (Å²) in [6, 6.07) is 7.21. The van der Waals surface area contributed by atoms with E-state index in [4.69, 9.17) is 5.73 Å². The third kappa shape index (κ3) is 5.05. The van der Waals surface area contributed by atoms with Crippen LogP contribution in [0.2, 0.25) is 0 Å². The third-order valence-electron chi connectivity index (χ3n) is 3.90. The molecule has 0 unspecified atom stereocenters. The van der Waals surface area contributed by atoms with E-state index in [0.717, 1.165) is 37.7 Å². The molecule has 3 N–H and O–H groups in total. The van der Waals surface area contributed by atoms with Crippen LogP contribution in [0, 0.1) is 6.92 Å². The molecule has 1 aliphatic carbocycles. The molecule has 1 fully saturated rings. The summed E-state index contributed by atoms with van der Waals surface area (Å²) in [6.45, 7) is 6.36. The summed E-state index contributed by atoms with van der Waals surface area (Å²) in [5, 5.41) is 3.53. The molecule has 0 spiro atoms. The number of carbonyl (C=O) groups excluding carboxylic acids is 1. The summed E-state index contributed by atoms with van der Waals surface area (Å²) < 4.78 is 0. The van der Waals surface area contributed by atoms with Gasteiger partial charge in [0.05, 0.1) is 6.54 Å². The number of nitrogens with one attached hydrogen (secondary N) is 1. The molecule has 1 saturated carbocycles. The van der Waals surface area contributed by atoms with Crippen molar-refractivity contribution in [2.75, 3.05) is 18.0 Å². The molecule has 0 aromatic heterocycles. The Morgan fingerprint density at radius 3 is 2.76 bits per heavy atom. The Kier molecular flexibility index (Phi) is 5.62. The lowest BCUT2D eigenvalue weighted by atomic mass is 10.1. The predicted molar refractivity (Wildman–Crippen MR) is 87.4 cm³/mol. The molecule has 1 aromatic carbocycles. The number of aryl methyl sites for hydroxylation is 1. The van der Waals surface area contributed by atoms with Crippen molar-refractivity contribution in [3.63, 3.8) is 0 Å². The van der Waals surface area contributed by atoms with Crippen LogP contribution in [0.5, 0.6) is 0 Å². The molecule has 1 amide bonds. The van der Waals surface area contributed by atoms with E-state index in [1.54, 1.807) is 0 Å². The Labute approximate surface area is 127 Å². The maximum Gasteiger partial charge on any atom is 0.236 e. The van der Waals surface area contributed by atoms with E-state index >= 15 is 0 Å². The van der Waals surface area contributed by atoms with Crippen molar-refractivity contribution in [3.05, 3.63) is 29.3 Å². The fraction of sp³-hybridized carbons (Fsp3) is 0.588. The average Bonchev–Trinajstić information content (AvgIpc) is 3.25. The van der Waals surface area contributed by atoms with Crippen molar-refractivity contribution < 1.29 is 4.79 Å². The van der Waals surface area contributed by atoms with Crippen molar-refractivity contribution in [2.45, 2.75) is 52.1 Å². The molecule has 0 heterocycles. The lowest BCUT2D eigenvalue weighted by Crippen LogP contribution is -2.35. The normalized spacial score (nSPS) is 14.2. The first kappa shape index (κ1) is 15.8. The molecule has 4 nitrogen and oxygen atoms in total. The minimum absolute atomic E-state index is 0.273. The number of hydrogen-bond acceptors (Lipinski definition) is 3. The number of benzene rings is 1. The number of anilines is 1. The van der Waals surface area contributed by atoms with Crippen molar-refractivity contribution in [2.24, 2.45) is 5.73 Å². The Morgan fingerprint density at radius 1 is 1.43 bits per heavy atom. The van der Waals surface area contributed by atoms with Gasteiger partial charge in [-0.2, -0.15) is 0 Å². The number of amides is 1. The molecule has 0 atom stereocenters. The minimum Gasteiger partial charge on any atom is -0.368 e. The minimum atomic E-state index is -0.273. The van der Waals surface area contributed by atoms with Crippen LogP contribution < -0.4 is 16.0 Å². The molecule has 21 heavy (non-hydrogen) atoms. The second kappa shape index (κ2) is 7.46. The Balaban J connectivity index is 2.05. The topological polar surface area (TPSA) is 58.4 Å². The molecule has 0 radical (unpaired) electrons. The highest BCUT2D eigenvalue weighted by Crippen LogP contribution is 2.23. The molecular weight excluding hydrogens is 262 g/mol. The highest BCUT2D eigenvalue weighted by atomic mass is 16.1. The molecule has 1 aliphatic rings. The fourth-order valence-electron chi connectivity index (χ4n) is 2.55. The third-order valence-corrected chi connectivity index (χ3v) is 3.90. The summed E-state index contributed by atoms with van der Waals surface area (Å²) in [6.07, 6.45) is 4.79. The van der Waals surface area contributed by atoms with Gasteiger partial charge in [-0.05, 0) is 43.4 Å². The predicted octanol–water partition coefficient (Wildman–Crippen LogP) is 2.34. The number of hydrogen-bond donors (Lipinski definition) is 2. The van der Waals surface area contributed by atoms with Crippen LogP contribution in [0.1, 0.15) is 43.7 Å². The van der Waals surface area contributed by atoms with Crippen LogP contribution in [0.15, 0.2) is 18.2 Å². The summed E-state index contributed by atoms with van der Waals surface area (Å²) in [5.41, 5.74) is 9.02. The number of rotatable bonds is 9. The molecular formula is C17H27N3O. The van der Waals surface area contributed by atoms with Gasteiger partial charge in [-0.1, -0.05) is 25.5 Å². The summed E-state index contributed by atoms with van der Waals surface area (Å²) in [7, 11) is 0. The van der Waals surface area contributed by atoms with E-state index < -0.39 is 0 Å². The average molecular weight is 289 g/mol. The summed E-state index contributed by atoms with van der Waals surface area (Å²) in [5.74, 6) is -0.273. The van der Waals surface area contributed by atoms with E-state index in [1.807, 2.05) is 0 Å². The molecule has 1 aromatic rings. The van der Waals surface area contributed by atoms with Gasteiger partial charge >= 0.3 is 0 Å². The number of unbranched alkanes of at least 4 members (excludes halogenated alkanes) is 1. The first-order valence-electron chi connectivity index (χ1n) is 7.96. The highest BCUT2D eigenvalue weighted by Gasteiger charge is 2.20. The zero-order valence-corrected chi connectivity index (χ0v) is 13.2. The first-order valence-corrected chi connectivity index (χ1v) is 7.96.